The Morgan fingerprint density at radius 2 is 1.58 bits per heavy atom. The third-order valence-electron chi connectivity index (χ3n) is 3.12. The third-order valence-corrected chi connectivity index (χ3v) is 3.12. The number of aromatic amines is 2. The van der Waals surface area contributed by atoms with Crippen LogP contribution in [-0.2, 0) is 11.3 Å². The second kappa shape index (κ2) is 9.48. The molecule has 0 unspecified atom stereocenters. The molecule has 0 bridgehead atoms. The van der Waals surface area contributed by atoms with Crippen LogP contribution in [0.25, 0.3) is 0 Å². The summed E-state index contributed by atoms with van der Waals surface area (Å²) in [5, 5.41) is 2.38. The molecule has 0 fully saturated rings. The fourth-order valence-electron chi connectivity index (χ4n) is 1.82. The lowest BCUT2D eigenvalue weighted by Gasteiger charge is -2.06. The van der Waals surface area contributed by atoms with E-state index >= 15 is 0 Å². The van der Waals surface area contributed by atoms with E-state index in [0.717, 1.165) is 5.56 Å². The molecule has 134 valence electrons. The molecule has 0 saturated carbocycles. The predicted octanol–water partition coefficient (Wildman–Crippen LogP) is 2.08. The van der Waals surface area contributed by atoms with Crippen LogP contribution in [0.2, 0.25) is 0 Å². The van der Waals surface area contributed by atoms with E-state index in [2.05, 4.69) is 15.3 Å². The maximum Gasteiger partial charge on any atom is 0.412 e. The zero-order chi connectivity index (χ0) is 18.8. The predicted molar refractivity (Wildman–Crippen MR) is 98.8 cm³/mol. The van der Waals surface area contributed by atoms with E-state index in [-0.39, 0.29) is 29.1 Å². The molecule has 0 radical (unpaired) electrons. The first-order chi connectivity index (χ1) is 12.6. The van der Waals surface area contributed by atoms with Crippen molar-refractivity contribution in [2.75, 3.05) is 11.1 Å². The number of anilines is 2. The van der Waals surface area contributed by atoms with Crippen LogP contribution in [-0.4, -0.2) is 16.1 Å². The highest BCUT2D eigenvalue weighted by Gasteiger charge is 2.05. The first-order valence-electron chi connectivity index (χ1n) is 7.65. The summed E-state index contributed by atoms with van der Waals surface area (Å²) in [4.78, 5) is 38.1. The Kier molecular flexibility index (Phi) is 6.75. The molecule has 2 aromatic heterocycles. The number of benzene rings is 1. The smallest absolute Gasteiger partial charge is 0.412 e. The van der Waals surface area contributed by atoms with Gasteiger partial charge in [-0.25, -0.2) is 4.79 Å². The van der Waals surface area contributed by atoms with Crippen molar-refractivity contribution in [1.29, 1.82) is 0 Å². The van der Waals surface area contributed by atoms with Crippen molar-refractivity contribution in [3.63, 3.8) is 0 Å². The highest BCUT2D eigenvalue weighted by Crippen LogP contribution is 2.02. The number of H-pyrrole nitrogens is 2. The van der Waals surface area contributed by atoms with Gasteiger partial charge in [-0.3, -0.25) is 14.9 Å². The fraction of sp³-hybridized carbons (Fsp3) is 0.0556. The van der Waals surface area contributed by atoms with Crippen molar-refractivity contribution in [2.45, 2.75) is 6.61 Å². The van der Waals surface area contributed by atoms with Crippen LogP contribution in [0.15, 0.2) is 76.6 Å². The molecule has 3 aromatic rings. The third kappa shape index (κ3) is 6.00. The molecule has 1 amide bonds. The number of rotatable bonds is 3. The van der Waals surface area contributed by atoms with Crippen LogP contribution in [0.4, 0.5) is 16.2 Å². The molecule has 0 aliphatic heterocycles. The van der Waals surface area contributed by atoms with Gasteiger partial charge in [0.1, 0.15) is 12.3 Å². The SMILES string of the molecule is Nc1ccc[nH]c1=O.O=C(Nc1ccc[nH]c1=O)OCc1ccccc1. The van der Waals surface area contributed by atoms with Crippen molar-refractivity contribution in [2.24, 2.45) is 0 Å². The summed E-state index contributed by atoms with van der Waals surface area (Å²) in [6, 6.07) is 15.7. The number of carbonyl (C=O) groups is 1. The standard InChI is InChI=1S/C13H12N2O3.C5H6N2O/c16-12-11(7-4-8-14-12)15-13(17)18-9-10-5-2-1-3-6-10;6-4-2-1-3-7-5(4)8/h1-8H,9H2,(H,14,16)(H,15,17);1-3H,6H2,(H,7,8). The van der Waals surface area contributed by atoms with E-state index in [4.69, 9.17) is 10.5 Å². The Morgan fingerprint density at radius 1 is 0.923 bits per heavy atom. The minimum absolute atomic E-state index is 0.163. The van der Waals surface area contributed by atoms with Crippen molar-refractivity contribution in [3.05, 3.63) is 93.3 Å². The lowest BCUT2D eigenvalue weighted by Crippen LogP contribution is -2.20. The average molecular weight is 354 g/mol. The first kappa shape index (κ1) is 18.5. The number of ether oxygens (including phenoxy) is 1. The summed E-state index contributed by atoms with van der Waals surface area (Å²) in [6.07, 6.45) is 2.37. The Hall–Kier alpha value is -3.81. The van der Waals surface area contributed by atoms with Gasteiger partial charge in [-0.1, -0.05) is 30.3 Å². The van der Waals surface area contributed by atoms with E-state index in [1.807, 2.05) is 30.3 Å². The first-order valence-corrected chi connectivity index (χ1v) is 7.65. The molecule has 3 rings (SSSR count). The topological polar surface area (TPSA) is 130 Å². The average Bonchev–Trinajstić information content (AvgIpc) is 2.66. The number of carbonyl (C=O) groups excluding carboxylic acids is 1. The van der Waals surface area contributed by atoms with E-state index < -0.39 is 6.09 Å². The number of nitrogen functional groups attached to an aromatic ring is 1. The molecule has 26 heavy (non-hydrogen) atoms. The molecule has 8 heteroatoms. The van der Waals surface area contributed by atoms with E-state index in [1.165, 1.54) is 12.3 Å². The van der Waals surface area contributed by atoms with Crippen LogP contribution in [0, 0.1) is 0 Å². The highest BCUT2D eigenvalue weighted by molar-refractivity contribution is 5.84. The van der Waals surface area contributed by atoms with Gasteiger partial charge in [-0.05, 0) is 29.8 Å². The van der Waals surface area contributed by atoms with Gasteiger partial charge in [0.05, 0.1) is 5.69 Å². The molecule has 2 heterocycles. The van der Waals surface area contributed by atoms with Gasteiger partial charge in [0.25, 0.3) is 11.1 Å². The van der Waals surface area contributed by atoms with Crippen LogP contribution in [0.1, 0.15) is 5.56 Å². The van der Waals surface area contributed by atoms with Gasteiger partial charge >= 0.3 is 6.09 Å². The van der Waals surface area contributed by atoms with Crippen molar-refractivity contribution >= 4 is 17.5 Å². The number of nitrogens with two attached hydrogens (primary N) is 1. The summed E-state index contributed by atoms with van der Waals surface area (Å²) in [5.74, 6) is 0. The molecule has 0 aliphatic rings. The quantitative estimate of drug-likeness (QED) is 0.572. The van der Waals surface area contributed by atoms with E-state index in [1.54, 1.807) is 24.4 Å². The van der Waals surface area contributed by atoms with Crippen molar-refractivity contribution < 1.29 is 9.53 Å². The Balaban J connectivity index is 0.000000254. The minimum Gasteiger partial charge on any atom is -0.444 e. The molecule has 0 spiro atoms. The molecular formula is C18H18N4O4. The summed E-state index contributed by atoms with van der Waals surface area (Å²) >= 11 is 0. The molecule has 0 atom stereocenters. The number of hydrogen-bond acceptors (Lipinski definition) is 5. The lowest BCUT2D eigenvalue weighted by molar-refractivity contribution is 0.155. The summed E-state index contributed by atoms with van der Waals surface area (Å²) in [7, 11) is 0. The normalized spacial score (nSPS) is 9.54. The van der Waals surface area contributed by atoms with E-state index in [9.17, 15) is 14.4 Å². The second-order valence-electron chi connectivity index (χ2n) is 5.05. The summed E-state index contributed by atoms with van der Waals surface area (Å²) in [5.41, 5.74) is 5.88. The van der Waals surface area contributed by atoms with Gasteiger partial charge < -0.3 is 20.4 Å². The van der Waals surface area contributed by atoms with Crippen LogP contribution in [0.5, 0.6) is 0 Å². The Morgan fingerprint density at radius 3 is 2.15 bits per heavy atom. The largest absolute Gasteiger partial charge is 0.444 e. The summed E-state index contributed by atoms with van der Waals surface area (Å²) in [6.45, 7) is 0.164. The highest BCUT2D eigenvalue weighted by atomic mass is 16.5. The van der Waals surface area contributed by atoms with Crippen LogP contribution >= 0.6 is 0 Å². The van der Waals surface area contributed by atoms with Crippen LogP contribution < -0.4 is 22.2 Å². The molecule has 0 saturated heterocycles. The number of aromatic nitrogens is 2. The zero-order valence-electron chi connectivity index (χ0n) is 13.8. The summed E-state index contributed by atoms with van der Waals surface area (Å²) < 4.78 is 4.98. The molecule has 5 N–H and O–H groups in total. The van der Waals surface area contributed by atoms with E-state index in [0.29, 0.717) is 0 Å². The lowest BCUT2D eigenvalue weighted by atomic mass is 10.2. The van der Waals surface area contributed by atoms with Gasteiger partial charge in [-0.2, -0.15) is 0 Å². The zero-order valence-corrected chi connectivity index (χ0v) is 13.8. The van der Waals surface area contributed by atoms with Gasteiger partial charge in [0.15, 0.2) is 0 Å². The Labute approximate surface area is 148 Å². The number of nitrogens with one attached hydrogen (secondary N) is 3. The van der Waals surface area contributed by atoms with Crippen molar-refractivity contribution in [1.82, 2.24) is 9.97 Å². The van der Waals surface area contributed by atoms with Crippen molar-refractivity contribution in [3.8, 4) is 0 Å². The van der Waals surface area contributed by atoms with Gasteiger partial charge in [-0.15, -0.1) is 0 Å². The Bertz CT molecular complexity index is 951. The maximum atomic E-state index is 11.5. The molecular weight excluding hydrogens is 336 g/mol. The molecule has 8 nitrogen and oxygen atoms in total. The molecule has 1 aromatic carbocycles. The van der Waals surface area contributed by atoms with Crippen LogP contribution in [0.3, 0.4) is 0 Å². The molecule has 0 aliphatic carbocycles. The van der Waals surface area contributed by atoms with Gasteiger partial charge in [0.2, 0.25) is 0 Å². The fourth-order valence-corrected chi connectivity index (χ4v) is 1.82. The minimum atomic E-state index is -0.657. The number of hydrogen-bond donors (Lipinski definition) is 4. The number of pyridine rings is 2. The number of amides is 1. The monoisotopic (exact) mass is 354 g/mol. The second-order valence-corrected chi connectivity index (χ2v) is 5.05. The van der Waals surface area contributed by atoms with Gasteiger partial charge in [0, 0.05) is 12.4 Å². The maximum absolute atomic E-state index is 11.5.